The number of halogens is 1. The van der Waals surface area contributed by atoms with E-state index in [-0.39, 0.29) is 18.1 Å². The molecule has 0 saturated heterocycles. The minimum Gasteiger partial charge on any atom is -0.504 e. The van der Waals surface area contributed by atoms with Gasteiger partial charge in [0.25, 0.3) is 0 Å². The first-order valence-electron chi connectivity index (χ1n) is 8.75. The first-order valence-corrected chi connectivity index (χ1v) is 9.13. The van der Waals surface area contributed by atoms with Crippen LogP contribution in [0.25, 0.3) is 0 Å². The van der Waals surface area contributed by atoms with Crippen LogP contribution in [-0.2, 0) is 0 Å². The van der Waals surface area contributed by atoms with Gasteiger partial charge in [-0.25, -0.2) is 0 Å². The smallest absolute Gasteiger partial charge is 0.179 e. The normalized spacial score (nSPS) is 10.1. The number of phenols is 1. The summed E-state index contributed by atoms with van der Waals surface area (Å²) in [4.78, 5) is 0. The van der Waals surface area contributed by atoms with Crippen molar-refractivity contribution in [2.24, 2.45) is 5.10 Å². The summed E-state index contributed by atoms with van der Waals surface area (Å²) in [7, 11) is 0. The summed E-state index contributed by atoms with van der Waals surface area (Å²) in [5.74, 6) is 0.930. The molecule has 0 spiro atoms. The molecule has 5 nitrogen and oxygen atoms in total. The molecule has 0 atom stereocenters. The van der Waals surface area contributed by atoms with Gasteiger partial charge in [0.1, 0.15) is 19.0 Å². The quantitative estimate of drug-likeness (QED) is 0.365. The van der Waals surface area contributed by atoms with E-state index in [4.69, 9.17) is 21.1 Å². The summed E-state index contributed by atoms with van der Waals surface area (Å²) >= 11 is 6.16. The van der Waals surface area contributed by atoms with E-state index in [2.05, 4.69) is 17.1 Å². The Morgan fingerprint density at radius 3 is 2.41 bits per heavy atom. The molecular formula is C21H27ClN2O3. The Hall–Kier alpha value is -2.66. The number of aryl methyl sites for hydroxylation is 1. The number of phenolic OH excluding ortho intramolecular Hbond substituents is 1. The molecule has 2 rings (SSSR count). The van der Waals surface area contributed by atoms with Gasteiger partial charge < -0.3 is 14.6 Å². The van der Waals surface area contributed by atoms with Crippen LogP contribution in [0.2, 0.25) is 5.02 Å². The van der Waals surface area contributed by atoms with Gasteiger partial charge in [0.2, 0.25) is 0 Å². The van der Waals surface area contributed by atoms with Crippen molar-refractivity contribution in [3.8, 4) is 17.2 Å². The van der Waals surface area contributed by atoms with Crippen molar-refractivity contribution >= 4 is 17.8 Å². The number of hydrogen-bond acceptors (Lipinski definition) is 5. The van der Waals surface area contributed by atoms with Crippen molar-refractivity contribution in [3.63, 3.8) is 0 Å². The Morgan fingerprint density at radius 1 is 1.19 bits per heavy atom. The van der Waals surface area contributed by atoms with Crippen LogP contribution in [0.5, 0.6) is 17.2 Å². The predicted octanol–water partition coefficient (Wildman–Crippen LogP) is 5.30. The fraction of sp³-hybridized carbons (Fsp3) is 0.286. The zero-order valence-electron chi connectivity index (χ0n) is 16.3. The number of hydrazone groups is 1. The van der Waals surface area contributed by atoms with Gasteiger partial charge in [-0.3, -0.25) is 5.43 Å². The summed E-state index contributed by atoms with van der Waals surface area (Å²) in [5, 5.41) is 14.3. The summed E-state index contributed by atoms with van der Waals surface area (Å²) in [6.45, 7) is 12.1. The number of allylic oxidation sites excluding steroid dienone is 1. The van der Waals surface area contributed by atoms with Gasteiger partial charge >= 0.3 is 0 Å². The van der Waals surface area contributed by atoms with Crippen molar-refractivity contribution in [2.45, 2.75) is 27.7 Å². The molecule has 2 N–H and O–H groups in total. The molecule has 0 aromatic heterocycles. The third kappa shape index (κ3) is 8.05. The van der Waals surface area contributed by atoms with E-state index in [1.165, 1.54) is 17.8 Å². The molecule has 6 heteroatoms. The second-order valence-electron chi connectivity index (χ2n) is 5.51. The molecule has 0 aliphatic rings. The Balaban J connectivity index is 0.00000176. The molecule has 2 aromatic rings. The monoisotopic (exact) mass is 390 g/mol. The van der Waals surface area contributed by atoms with Crippen LogP contribution >= 0.6 is 11.6 Å². The summed E-state index contributed by atoms with van der Waals surface area (Å²) in [5.41, 5.74) is 5.23. The molecule has 2 aromatic carbocycles. The Bertz CT molecular complexity index is 736. The van der Waals surface area contributed by atoms with Crippen LogP contribution in [0, 0.1) is 6.92 Å². The van der Waals surface area contributed by atoms with Crippen molar-refractivity contribution in [2.75, 3.05) is 13.2 Å². The molecule has 27 heavy (non-hydrogen) atoms. The molecule has 0 amide bonds. The maximum Gasteiger partial charge on any atom is 0.179 e. The number of benzene rings is 2. The molecule has 0 bridgehead atoms. The minimum atomic E-state index is -0.0559. The first-order chi connectivity index (χ1) is 13.0. The zero-order chi connectivity index (χ0) is 20.2. The summed E-state index contributed by atoms with van der Waals surface area (Å²) in [6, 6.07) is 10.9. The highest BCUT2D eigenvalue weighted by Gasteiger charge is 2.10. The van der Waals surface area contributed by atoms with Crippen molar-refractivity contribution in [3.05, 3.63) is 64.8 Å². The van der Waals surface area contributed by atoms with E-state index in [1.54, 1.807) is 13.0 Å². The average molecular weight is 391 g/mol. The molecule has 0 heterocycles. The predicted molar refractivity (Wildman–Crippen MR) is 112 cm³/mol. The van der Waals surface area contributed by atoms with E-state index in [9.17, 15) is 5.11 Å². The highest BCUT2D eigenvalue weighted by atomic mass is 35.5. The second kappa shape index (κ2) is 11.9. The number of ether oxygens (including phenoxy) is 2. The van der Waals surface area contributed by atoms with E-state index >= 15 is 0 Å². The van der Waals surface area contributed by atoms with Gasteiger partial charge in [0, 0.05) is 5.70 Å². The number of nitrogens with one attached hydrogen (secondary N) is 1. The molecule has 0 saturated carbocycles. The number of nitrogens with zero attached hydrogens (tertiary/aromatic N) is 1. The van der Waals surface area contributed by atoms with Crippen molar-refractivity contribution < 1.29 is 14.6 Å². The Morgan fingerprint density at radius 2 is 1.81 bits per heavy atom. The lowest BCUT2D eigenvalue weighted by Gasteiger charge is -2.11. The third-order valence-electron chi connectivity index (χ3n) is 3.13. The maximum atomic E-state index is 10.1. The third-order valence-corrected chi connectivity index (χ3v) is 3.42. The first kappa shape index (κ1) is 22.4. The lowest BCUT2D eigenvalue weighted by atomic mass is 10.2. The maximum absolute atomic E-state index is 10.1. The average Bonchev–Trinajstić information content (AvgIpc) is 2.63. The van der Waals surface area contributed by atoms with Crippen LogP contribution in [0.15, 0.2) is 53.8 Å². The number of aromatic hydroxyl groups is 1. The zero-order valence-corrected chi connectivity index (χ0v) is 17.0. The van der Waals surface area contributed by atoms with Gasteiger partial charge in [0.15, 0.2) is 11.5 Å². The van der Waals surface area contributed by atoms with Gasteiger partial charge in [-0.15, -0.1) is 0 Å². The summed E-state index contributed by atoms with van der Waals surface area (Å²) in [6.07, 6.45) is 1.53. The summed E-state index contributed by atoms with van der Waals surface area (Å²) < 4.78 is 11.1. The van der Waals surface area contributed by atoms with Crippen LogP contribution in [0.3, 0.4) is 0 Å². The van der Waals surface area contributed by atoms with E-state index < -0.39 is 0 Å². The lowest BCUT2D eigenvalue weighted by Crippen LogP contribution is -2.09. The van der Waals surface area contributed by atoms with Crippen molar-refractivity contribution in [1.29, 1.82) is 0 Å². The van der Waals surface area contributed by atoms with Gasteiger partial charge in [-0.05, 0) is 43.7 Å². The highest BCUT2D eigenvalue weighted by Crippen LogP contribution is 2.35. The molecule has 0 radical (unpaired) electrons. The minimum absolute atomic E-state index is 0.0559. The molecule has 0 aliphatic carbocycles. The highest BCUT2D eigenvalue weighted by molar-refractivity contribution is 6.32. The van der Waals surface area contributed by atoms with E-state index in [1.807, 2.05) is 45.0 Å². The van der Waals surface area contributed by atoms with Crippen molar-refractivity contribution in [1.82, 2.24) is 5.43 Å². The van der Waals surface area contributed by atoms with Gasteiger partial charge in [-0.2, -0.15) is 5.10 Å². The molecular weight excluding hydrogens is 364 g/mol. The second-order valence-corrected chi connectivity index (χ2v) is 5.92. The molecule has 0 unspecified atom stereocenters. The SMILES string of the molecule is C=C(C)N/N=C/c1cc(O)c(OCCOc2ccc(C)cc2)c(Cl)c1.CC. The standard InChI is InChI=1S/C19H21ClN2O3.C2H6/c1-13(2)22-21-12-15-10-17(20)19(18(23)11-15)25-9-8-24-16-6-4-14(3)5-7-16;1-2/h4-7,10-12,22-23H,1,8-9H2,2-3H3;1-2H3/b21-12+;. The van der Waals surface area contributed by atoms with Crippen LogP contribution in [-0.4, -0.2) is 24.5 Å². The molecule has 0 aliphatic heterocycles. The Kier molecular flexibility index (Phi) is 9.83. The fourth-order valence-electron chi connectivity index (χ4n) is 1.97. The molecule has 146 valence electrons. The largest absolute Gasteiger partial charge is 0.504 e. The topological polar surface area (TPSA) is 63.1 Å². The van der Waals surface area contributed by atoms with Crippen LogP contribution < -0.4 is 14.9 Å². The van der Waals surface area contributed by atoms with Crippen LogP contribution in [0.1, 0.15) is 31.9 Å². The fourth-order valence-corrected chi connectivity index (χ4v) is 2.25. The Labute approximate surface area is 166 Å². The van der Waals surface area contributed by atoms with Gasteiger partial charge in [-0.1, -0.05) is 49.7 Å². The van der Waals surface area contributed by atoms with Crippen LogP contribution in [0.4, 0.5) is 0 Å². The van der Waals surface area contributed by atoms with Gasteiger partial charge in [0.05, 0.1) is 11.2 Å². The number of rotatable bonds is 8. The van der Waals surface area contributed by atoms with E-state index in [0.29, 0.717) is 22.9 Å². The molecule has 0 fully saturated rings. The number of hydrogen-bond donors (Lipinski definition) is 2. The van der Waals surface area contributed by atoms with E-state index in [0.717, 1.165) is 5.75 Å². The lowest BCUT2D eigenvalue weighted by molar-refractivity contribution is 0.212.